The molecular weight excluding hydrogens is 214 g/mol. The van der Waals surface area contributed by atoms with E-state index in [-0.39, 0.29) is 18.2 Å². The molecule has 2 rings (SSSR count). The van der Waals surface area contributed by atoms with Crippen molar-refractivity contribution < 1.29 is 9.84 Å². The van der Waals surface area contributed by atoms with Crippen LogP contribution in [0.4, 0.5) is 0 Å². The monoisotopic (exact) mass is 241 g/mol. The third kappa shape index (κ3) is 3.21. The van der Waals surface area contributed by atoms with Gasteiger partial charge >= 0.3 is 0 Å². The average molecular weight is 241 g/mol. The standard InChI is InChI=1S/C14H27NO2/c1-11(2)13(10-16)15-12-5-8-17-14(9-12)6-3-4-7-14/h11-13,15-16H,3-10H2,1-2H3/t12?,13-/m1/s1. The minimum absolute atomic E-state index is 0.174. The molecule has 2 fully saturated rings. The van der Waals surface area contributed by atoms with E-state index in [1.165, 1.54) is 25.7 Å². The van der Waals surface area contributed by atoms with E-state index in [4.69, 9.17) is 4.74 Å². The molecule has 1 unspecified atom stereocenters. The summed E-state index contributed by atoms with van der Waals surface area (Å²) in [7, 11) is 0. The molecule has 2 N–H and O–H groups in total. The van der Waals surface area contributed by atoms with E-state index in [9.17, 15) is 5.11 Å². The number of aliphatic hydroxyl groups is 1. The SMILES string of the molecule is CC(C)[C@@H](CO)NC1CCOC2(CCCC2)C1. The minimum Gasteiger partial charge on any atom is -0.395 e. The molecule has 1 saturated carbocycles. The Kier molecular flexibility index (Phi) is 4.45. The van der Waals surface area contributed by atoms with Crippen LogP contribution in [-0.4, -0.2) is 36.0 Å². The first-order valence-corrected chi connectivity index (χ1v) is 7.16. The van der Waals surface area contributed by atoms with Crippen molar-refractivity contribution in [2.24, 2.45) is 5.92 Å². The molecule has 0 aromatic carbocycles. The van der Waals surface area contributed by atoms with Gasteiger partial charge in [0.2, 0.25) is 0 Å². The number of hydrogen-bond donors (Lipinski definition) is 2. The van der Waals surface area contributed by atoms with E-state index in [0.717, 1.165) is 19.4 Å². The zero-order valence-electron chi connectivity index (χ0n) is 11.2. The van der Waals surface area contributed by atoms with Crippen LogP contribution >= 0.6 is 0 Å². The summed E-state index contributed by atoms with van der Waals surface area (Å²) in [5.41, 5.74) is 0.174. The highest BCUT2D eigenvalue weighted by Crippen LogP contribution is 2.40. The number of aliphatic hydroxyl groups excluding tert-OH is 1. The molecule has 1 aliphatic heterocycles. The normalized spacial score (nSPS) is 30.0. The molecule has 1 heterocycles. The molecule has 1 spiro atoms. The van der Waals surface area contributed by atoms with Crippen LogP contribution in [-0.2, 0) is 4.74 Å². The Morgan fingerprint density at radius 2 is 2.06 bits per heavy atom. The van der Waals surface area contributed by atoms with Crippen molar-refractivity contribution in [3.8, 4) is 0 Å². The maximum Gasteiger partial charge on any atom is 0.0697 e. The van der Waals surface area contributed by atoms with Crippen molar-refractivity contribution in [3.05, 3.63) is 0 Å². The minimum atomic E-state index is 0.174. The van der Waals surface area contributed by atoms with E-state index < -0.39 is 0 Å². The quantitative estimate of drug-likeness (QED) is 0.792. The lowest BCUT2D eigenvalue weighted by Gasteiger charge is -2.40. The fraction of sp³-hybridized carbons (Fsp3) is 1.00. The van der Waals surface area contributed by atoms with Gasteiger partial charge in [-0.2, -0.15) is 0 Å². The number of rotatable bonds is 4. The van der Waals surface area contributed by atoms with Crippen LogP contribution in [0.25, 0.3) is 0 Å². The summed E-state index contributed by atoms with van der Waals surface area (Å²) in [5.74, 6) is 0.488. The molecule has 3 nitrogen and oxygen atoms in total. The van der Waals surface area contributed by atoms with E-state index in [2.05, 4.69) is 19.2 Å². The van der Waals surface area contributed by atoms with Crippen LogP contribution in [0, 0.1) is 5.92 Å². The van der Waals surface area contributed by atoms with E-state index in [0.29, 0.717) is 12.0 Å². The molecule has 1 aliphatic carbocycles. The van der Waals surface area contributed by atoms with Crippen molar-refractivity contribution in [3.63, 3.8) is 0 Å². The van der Waals surface area contributed by atoms with Gasteiger partial charge in [-0.1, -0.05) is 26.7 Å². The molecular formula is C14H27NO2. The van der Waals surface area contributed by atoms with Crippen LogP contribution in [0.1, 0.15) is 52.4 Å². The smallest absolute Gasteiger partial charge is 0.0697 e. The van der Waals surface area contributed by atoms with Gasteiger partial charge in [-0.15, -0.1) is 0 Å². The Hall–Kier alpha value is -0.120. The fourth-order valence-corrected chi connectivity index (χ4v) is 3.30. The summed E-state index contributed by atoms with van der Waals surface area (Å²) < 4.78 is 6.03. The number of hydrogen-bond acceptors (Lipinski definition) is 3. The Bertz CT molecular complexity index is 236. The summed E-state index contributed by atoms with van der Waals surface area (Å²) in [6.07, 6.45) is 7.33. The Balaban J connectivity index is 1.88. The lowest BCUT2D eigenvalue weighted by Crippen LogP contribution is -2.51. The topological polar surface area (TPSA) is 41.5 Å². The Morgan fingerprint density at radius 1 is 1.35 bits per heavy atom. The molecule has 0 aromatic heterocycles. The highest BCUT2D eigenvalue weighted by atomic mass is 16.5. The van der Waals surface area contributed by atoms with Gasteiger partial charge in [0.1, 0.15) is 0 Å². The van der Waals surface area contributed by atoms with Crippen LogP contribution < -0.4 is 5.32 Å². The molecule has 1 saturated heterocycles. The largest absolute Gasteiger partial charge is 0.395 e. The maximum absolute atomic E-state index is 9.39. The van der Waals surface area contributed by atoms with Crippen molar-refractivity contribution in [2.45, 2.75) is 70.1 Å². The van der Waals surface area contributed by atoms with Gasteiger partial charge in [-0.25, -0.2) is 0 Å². The molecule has 2 atom stereocenters. The van der Waals surface area contributed by atoms with Crippen LogP contribution in [0.3, 0.4) is 0 Å². The summed E-state index contributed by atoms with van der Waals surface area (Å²) in [4.78, 5) is 0. The highest BCUT2D eigenvalue weighted by Gasteiger charge is 2.40. The molecule has 2 aliphatic rings. The van der Waals surface area contributed by atoms with Crippen molar-refractivity contribution in [1.82, 2.24) is 5.32 Å². The van der Waals surface area contributed by atoms with Gasteiger partial charge in [0.15, 0.2) is 0 Å². The third-order valence-corrected chi connectivity index (χ3v) is 4.46. The van der Waals surface area contributed by atoms with E-state index in [1.807, 2.05) is 0 Å². The van der Waals surface area contributed by atoms with Crippen molar-refractivity contribution >= 4 is 0 Å². The zero-order chi connectivity index (χ0) is 12.3. The van der Waals surface area contributed by atoms with E-state index in [1.54, 1.807) is 0 Å². The third-order valence-electron chi connectivity index (χ3n) is 4.46. The first kappa shape index (κ1) is 13.3. The van der Waals surface area contributed by atoms with Gasteiger partial charge in [-0.3, -0.25) is 0 Å². The average Bonchev–Trinajstić information content (AvgIpc) is 2.74. The fourth-order valence-electron chi connectivity index (χ4n) is 3.30. The molecule has 3 heteroatoms. The molecule has 0 bridgehead atoms. The van der Waals surface area contributed by atoms with Gasteiger partial charge in [0.05, 0.1) is 12.2 Å². The predicted molar refractivity (Wildman–Crippen MR) is 69.0 cm³/mol. The summed E-state index contributed by atoms with van der Waals surface area (Å²) in [5, 5.41) is 13.0. The number of ether oxygens (including phenoxy) is 1. The van der Waals surface area contributed by atoms with Crippen LogP contribution in [0.2, 0.25) is 0 Å². The zero-order valence-corrected chi connectivity index (χ0v) is 11.2. The molecule has 17 heavy (non-hydrogen) atoms. The lowest BCUT2D eigenvalue weighted by atomic mass is 9.88. The molecule has 0 aromatic rings. The predicted octanol–water partition coefficient (Wildman–Crippen LogP) is 2.08. The van der Waals surface area contributed by atoms with Gasteiger partial charge in [-0.05, 0) is 31.6 Å². The second kappa shape index (κ2) is 5.68. The Morgan fingerprint density at radius 3 is 2.65 bits per heavy atom. The van der Waals surface area contributed by atoms with Crippen LogP contribution in [0.15, 0.2) is 0 Å². The van der Waals surface area contributed by atoms with Gasteiger partial charge in [0.25, 0.3) is 0 Å². The van der Waals surface area contributed by atoms with Crippen LogP contribution in [0.5, 0.6) is 0 Å². The summed E-state index contributed by atoms with van der Waals surface area (Å²) >= 11 is 0. The van der Waals surface area contributed by atoms with Gasteiger partial charge in [0, 0.05) is 18.7 Å². The number of nitrogens with one attached hydrogen (secondary N) is 1. The Labute approximate surface area is 105 Å². The molecule has 100 valence electrons. The molecule has 0 amide bonds. The molecule has 0 radical (unpaired) electrons. The highest BCUT2D eigenvalue weighted by molar-refractivity contribution is 4.94. The van der Waals surface area contributed by atoms with Gasteiger partial charge < -0.3 is 15.2 Å². The second-order valence-electron chi connectivity index (χ2n) is 6.13. The lowest BCUT2D eigenvalue weighted by molar-refractivity contribution is -0.0859. The summed E-state index contributed by atoms with van der Waals surface area (Å²) in [6.45, 7) is 5.45. The summed E-state index contributed by atoms with van der Waals surface area (Å²) in [6, 6.07) is 0.762. The van der Waals surface area contributed by atoms with Crippen molar-refractivity contribution in [1.29, 1.82) is 0 Å². The van der Waals surface area contributed by atoms with Crippen molar-refractivity contribution in [2.75, 3.05) is 13.2 Å². The first-order valence-electron chi connectivity index (χ1n) is 7.16. The first-order chi connectivity index (χ1) is 8.15. The van der Waals surface area contributed by atoms with E-state index >= 15 is 0 Å². The maximum atomic E-state index is 9.39. The second-order valence-corrected chi connectivity index (χ2v) is 6.13.